The van der Waals surface area contributed by atoms with Crippen molar-refractivity contribution in [2.75, 3.05) is 26.7 Å². The van der Waals surface area contributed by atoms with E-state index in [0.29, 0.717) is 0 Å². The molecule has 1 aliphatic heterocycles. The highest BCUT2D eigenvalue weighted by Gasteiger charge is 2.40. The molecule has 1 aliphatic rings. The van der Waals surface area contributed by atoms with Gasteiger partial charge in [0.1, 0.15) is 28.7 Å². The van der Waals surface area contributed by atoms with E-state index < -0.39 is 29.0 Å². The summed E-state index contributed by atoms with van der Waals surface area (Å²) in [5, 5.41) is 22.0. The third kappa shape index (κ3) is 4.14. The van der Waals surface area contributed by atoms with Gasteiger partial charge in [0.15, 0.2) is 0 Å². The van der Waals surface area contributed by atoms with Crippen molar-refractivity contribution in [3.05, 3.63) is 59.2 Å². The van der Waals surface area contributed by atoms with Gasteiger partial charge in [-0.1, -0.05) is 6.07 Å². The number of piperidine rings is 1. The molecule has 7 nitrogen and oxygen atoms in total. The van der Waals surface area contributed by atoms with Crippen molar-refractivity contribution in [3.8, 4) is 11.5 Å². The lowest BCUT2D eigenvalue weighted by Crippen LogP contribution is -2.50. The predicted octanol–water partition coefficient (Wildman–Crippen LogP) is 3.12. The zero-order valence-electron chi connectivity index (χ0n) is 16.3. The van der Waals surface area contributed by atoms with Crippen LogP contribution in [0.1, 0.15) is 28.8 Å². The first-order valence-corrected chi connectivity index (χ1v) is 9.35. The van der Waals surface area contributed by atoms with Crippen LogP contribution in [0.5, 0.6) is 11.5 Å². The van der Waals surface area contributed by atoms with Gasteiger partial charge in [0, 0.05) is 25.0 Å². The van der Waals surface area contributed by atoms with E-state index >= 15 is 0 Å². The summed E-state index contributed by atoms with van der Waals surface area (Å²) in [4.78, 5) is 25.2. The zero-order valence-corrected chi connectivity index (χ0v) is 16.3. The summed E-state index contributed by atoms with van der Waals surface area (Å²) in [6.45, 7) is 0.152. The summed E-state index contributed by atoms with van der Waals surface area (Å²) in [7, 11) is 1.36. The van der Waals surface area contributed by atoms with Crippen molar-refractivity contribution in [3.63, 3.8) is 0 Å². The smallest absolute Gasteiger partial charge is 0.407 e. The molecule has 0 bridgehead atoms. The molecule has 2 aromatic rings. The van der Waals surface area contributed by atoms with Crippen LogP contribution < -0.4 is 10.1 Å². The van der Waals surface area contributed by atoms with Gasteiger partial charge in [-0.25, -0.2) is 13.6 Å². The van der Waals surface area contributed by atoms with Crippen LogP contribution in [0.4, 0.5) is 13.6 Å². The number of methoxy groups -OCH3 is 1. The maximum absolute atomic E-state index is 14.6. The Morgan fingerprint density at radius 2 is 1.90 bits per heavy atom. The van der Waals surface area contributed by atoms with Crippen LogP contribution in [-0.2, 0) is 5.41 Å². The average molecular weight is 420 g/mol. The lowest BCUT2D eigenvalue weighted by atomic mass is 9.72. The molecule has 0 saturated carbocycles. The fourth-order valence-corrected chi connectivity index (χ4v) is 3.83. The van der Waals surface area contributed by atoms with Gasteiger partial charge in [0.2, 0.25) is 0 Å². The largest absolute Gasteiger partial charge is 0.507 e. The number of hydrogen-bond acceptors (Lipinski definition) is 4. The van der Waals surface area contributed by atoms with Gasteiger partial charge >= 0.3 is 6.09 Å². The number of ether oxygens (including phenoxy) is 1. The van der Waals surface area contributed by atoms with Crippen molar-refractivity contribution >= 4 is 12.0 Å². The SMILES string of the molecule is COc1cccc(O)c1C(=O)NCC1(c2cc(F)ccc2F)CCN(C(=O)O)CC1. The number of carbonyl (C=O) groups excluding carboxylic acids is 1. The molecule has 0 atom stereocenters. The minimum absolute atomic E-state index is 0.0714. The minimum Gasteiger partial charge on any atom is -0.507 e. The fourth-order valence-electron chi connectivity index (χ4n) is 3.83. The number of phenols is 1. The summed E-state index contributed by atoms with van der Waals surface area (Å²) in [6.07, 6.45) is -0.707. The molecule has 9 heteroatoms. The number of nitrogens with one attached hydrogen (secondary N) is 1. The number of aromatic hydroxyl groups is 1. The molecular weight excluding hydrogens is 398 g/mol. The van der Waals surface area contributed by atoms with Crippen LogP contribution in [-0.4, -0.2) is 53.9 Å². The highest BCUT2D eigenvalue weighted by molar-refractivity contribution is 5.99. The molecule has 1 heterocycles. The summed E-state index contributed by atoms with van der Waals surface area (Å²) < 4.78 is 33.6. The van der Waals surface area contributed by atoms with Gasteiger partial charge < -0.3 is 25.2 Å². The number of rotatable bonds is 5. The first kappa shape index (κ1) is 21.4. The third-order valence-electron chi connectivity index (χ3n) is 5.53. The Kier molecular flexibility index (Phi) is 6.09. The Morgan fingerprint density at radius 1 is 1.20 bits per heavy atom. The van der Waals surface area contributed by atoms with Gasteiger partial charge in [0.05, 0.1) is 7.11 Å². The monoisotopic (exact) mass is 420 g/mol. The molecular formula is C21H22F2N2O5. The van der Waals surface area contributed by atoms with Crippen LogP contribution in [0.15, 0.2) is 36.4 Å². The molecule has 1 saturated heterocycles. The first-order valence-electron chi connectivity index (χ1n) is 9.35. The highest BCUT2D eigenvalue weighted by Crippen LogP contribution is 2.37. The van der Waals surface area contributed by atoms with Gasteiger partial charge in [0.25, 0.3) is 5.91 Å². The number of carbonyl (C=O) groups is 2. The minimum atomic E-state index is -1.09. The highest BCUT2D eigenvalue weighted by atomic mass is 19.1. The van der Waals surface area contributed by atoms with Gasteiger partial charge in [-0.3, -0.25) is 4.79 Å². The molecule has 30 heavy (non-hydrogen) atoms. The second kappa shape index (κ2) is 8.56. The van der Waals surface area contributed by atoms with E-state index in [1.807, 2.05) is 0 Å². The lowest BCUT2D eigenvalue weighted by Gasteiger charge is -2.41. The molecule has 0 aliphatic carbocycles. The van der Waals surface area contributed by atoms with Crippen LogP contribution in [0.25, 0.3) is 0 Å². The number of carboxylic acid groups (broad SMARTS) is 1. The maximum Gasteiger partial charge on any atom is 0.407 e. The van der Waals surface area contributed by atoms with E-state index in [1.165, 1.54) is 30.2 Å². The second-order valence-corrected chi connectivity index (χ2v) is 7.21. The van der Waals surface area contributed by atoms with E-state index in [4.69, 9.17) is 4.74 Å². The molecule has 3 rings (SSSR count). The predicted molar refractivity (Wildman–Crippen MR) is 104 cm³/mol. The normalized spacial score (nSPS) is 15.5. The van der Waals surface area contributed by atoms with Crippen molar-refractivity contribution in [1.82, 2.24) is 10.2 Å². The number of nitrogens with zero attached hydrogens (tertiary/aromatic N) is 1. The summed E-state index contributed by atoms with van der Waals surface area (Å²) in [5.74, 6) is -2.01. The van der Waals surface area contributed by atoms with Crippen LogP contribution in [0.3, 0.4) is 0 Å². The molecule has 0 aromatic heterocycles. The molecule has 160 valence electrons. The topological polar surface area (TPSA) is 99.1 Å². The lowest BCUT2D eigenvalue weighted by molar-refractivity contribution is 0.0899. The first-order chi connectivity index (χ1) is 14.3. The Bertz CT molecular complexity index is 958. The third-order valence-corrected chi connectivity index (χ3v) is 5.53. The number of likely N-dealkylation sites (tertiary alicyclic amines) is 1. The van der Waals surface area contributed by atoms with Crippen LogP contribution >= 0.6 is 0 Å². The quantitative estimate of drug-likeness (QED) is 0.690. The van der Waals surface area contributed by atoms with E-state index in [9.17, 15) is 28.6 Å². The van der Waals surface area contributed by atoms with E-state index in [1.54, 1.807) is 0 Å². The molecule has 2 amide bonds. The van der Waals surface area contributed by atoms with Crippen molar-refractivity contribution in [1.29, 1.82) is 0 Å². The molecule has 3 N–H and O–H groups in total. The number of benzene rings is 2. The molecule has 0 radical (unpaired) electrons. The Labute approximate surface area is 171 Å². The van der Waals surface area contributed by atoms with Crippen LogP contribution in [0, 0.1) is 11.6 Å². The van der Waals surface area contributed by atoms with Crippen molar-refractivity contribution < 1.29 is 33.3 Å². The number of amides is 2. The molecule has 0 unspecified atom stereocenters. The summed E-state index contributed by atoms with van der Waals surface area (Å²) in [6, 6.07) is 7.48. The van der Waals surface area contributed by atoms with Crippen molar-refractivity contribution in [2.45, 2.75) is 18.3 Å². The van der Waals surface area contributed by atoms with E-state index in [-0.39, 0.29) is 55.1 Å². The summed E-state index contributed by atoms with van der Waals surface area (Å²) in [5.41, 5.74) is -0.999. The number of hydrogen-bond donors (Lipinski definition) is 3. The molecule has 0 spiro atoms. The summed E-state index contributed by atoms with van der Waals surface area (Å²) >= 11 is 0. The Morgan fingerprint density at radius 3 is 2.53 bits per heavy atom. The van der Waals surface area contributed by atoms with E-state index in [2.05, 4.69) is 5.32 Å². The molecule has 1 fully saturated rings. The van der Waals surface area contributed by atoms with E-state index in [0.717, 1.165) is 18.2 Å². The van der Waals surface area contributed by atoms with Gasteiger partial charge in [-0.05, 0) is 48.7 Å². The second-order valence-electron chi connectivity index (χ2n) is 7.21. The Balaban J connectivity index is 1.90. The average Bonchev–Trinajstić information content (AvgIpc) is 2.73. The number of halogens is 2. The van der Waals surface area contributed by atoms with Crippen LogP contribution in [0.2, 0.25) is 0 Å². The Hall–Kier alpha value is -3.36. The standard InChI is InChI=1S/C21H22F2N2O5/c1-30-17-4-2-3-16(26)18(17)19(27)24-12-21(7-9-25(10-8-21)20(28)29)14-11-13(22)5-6-15(14)23/h2-6,11,26H,7-10,12H2,1H3,(H,24,27)(H,28,29). The number of phenolic OH excluding ortho intramolecular Hbond substituents is 1. The fraction of sp³-hybridized carbons (Fsp3) is 0.333. The zero-order chi connectivity index (χ0) is 21.9. The van der Waals surface area contributed by atoms with Gasteiger partial charge in [-0.2, -0.15) is 0 Å². The molecule has 2 aromatic carbocycles. The maximum atomic E-state index is 14.6. The van der Waals surface area contributed by atoms with Gasteiger partial charge in [-0.15, -0.1) is 0 Å². The van der Waals surface area contributed by atoms with Crippen molar-refractivity contribution in [2.24, 2.45) is 0 Å².